The van der Waals surface area contributed by atoms with Crippen LogP contribution in [0.3, 0.4) is 0 Å². The van der Waals surface area contributed by atoms with Crippen molar-refractivity contribution >= 4 is 46.2 Å². The molecule has 2 atom stereocenters. The van der Waals surface area contributed by atoms with Gasteiger partial charge in [0.15, 0.2) is 5.11 Å². The number of anilines is 1. The Hall–Kier alpha value is -2.86. The fraction of sp³-hybridized carbons (Fsp3) is 0.154. The molecule has 1 fully saturated rings. The highest BCUT2D eigenvalue weighted by Gasteiger charge is 2.42. The molecule has 2 aromatic heterocycles. The molecule has 1 N–H and O–H groups in total. The highest BCUT2D eigenvalue weighted by molar-refractivity contribution is 7.80. The summed E-state index contributed by atoms with van der Waals surface area (Å²) in [5.74, 6) is 1.48. The Kier molecular flexibility index (Phi) is 5.87. The maximum Gasteiger partial charge on any atom is 0.174 e. The lowest BCUT2D eigenvalue weighted by Gasteiger charge is -2.26. The van der Waals surface area contributed by atoms with Crippen molar-refractivity contribution in [3.05, 3.63) is 106 Å². The first-order valence-corrected chi connectivity index (χ1v) is 11.7. The molecule has 4 nitrogen and oxygen atoms in total. The van der Waals surface area contributed by atoms with Gasteiger partial charge in [-0.25, -0.2) is 0 Å². The number of halogens is 2. The van der Waals surface area contributed by atoms with E-state index in [1.165, 1.54) is 11.1 Å². The average Bonchev–Trinajstić information content (AvgIpc) is 3.43. The molecule has 5 rings (SSSR count). The normalized spacial score (nSPS) is 17.9. The van der Waals surface area contributed by atoms with E-state index in [2.05, 4.69) is 47.2 Å². The van der Waals surface area contributed by atoms with Gasteiger partial charge in [0.2, 0.25) is 0 Å². The van der Waals surface area contributed by atoms with Crippen LogP contribution in [0.5, 0.6) is 0 Å². The zero-order valence-electron chi connectivity index (χ0n) is 18.0. The molecular weight excluding hydrogens is 473 g/mol. The van der Waals surface area contributed by atoms with Crippen LogP contribution in [0, 0.1) is 13.8 Å². The summed E-state index contributed by atoms with van der Waals surface area (Å²) in [6.45, 7) is 4.20. The van der Waals surface area contributed by atoms with Crippen molar-refractivity contribution in [2.24, 2.45) is 0 Å². The van der Waals surface area contributed by atoms with E-state index in [9.17, 15) is 0 Å². The minimum Gasteiger partial charge on any atom is -0.459 e. The van der Waals surface area contributed by atoms with Gasteiger partial charge in [-0.05, 0) is 91.8 Å². The van der Waals surface area contributed by atoms with Crippen LogP contribution in [0.25, 0.3) is 11.3 Å². The number of pyridine rings is 1. The molecule has 33 heavy (non-hydrogen) atoms. The number of furan rings is 1. The van der Waals surface area contributed by atoms with Crippen molar-refractivity contribution < 1.29 is 4.42 Å². The van der Waals surface area contributed by atoms with E-state index in [1.54, 1.807) is 18.3 Å². The van der Waals surface area contributed by atoms with Gasteiger partial charge in [-0.1, -0.05) is 35.3 Å². The van der Waals surface area contributed by atoms with Crippen molar-refractivity contribution in [2.75, 3.05) is 4.90 Å². The second kappa shape index (κ2) is 8.82. The Bertz CT molecular complexity index is 1340. The summed E-state index contributed by atoms with van der Waals surface area (Å²) in [6, 6.07) is 21.3. The Morgan fingerprint density at radius 3 is 2.52 bits per heavy atom. The van der Waals surface area contributed by atoms with Crippen molar-refractivity contribution in [2.45, 2.75) is 25.9 Å². The molecule has 0 bridgehead atoms. The summed E-state index contributed by atoms with van der Waals surface area (Å²) < 4.78 is 6.38. The molecule has 0 spiro atoms. The van der Waals surface area contributed by atoms with Gasteiger partial charge in [0.1, 0.15) is 17.6 Å². The lowest BCUT2D eigenvalue weighted by Crippen LogP contribution is -2.29. The second-order valence-electron chi connectivity index (χ2n) is 8.10. The van der Waals surface area contributed by atoms with Crippen molar-refractivity contribution in [1.29, 1.82) is 0 Å². The van der Waals surface area contributed by atoms with E-state index in [0.29, 0.717) is 20.9 Å². The lowest BCUT2D eigenvalue weighted by atomic mass is 10.0. The Labute approximate surface area is 208 Å². The van der Waals surface area contributed by atoms with E-state index >= 15 is 0 Å². The highest BCUT2D eigenvalue weighted by Crippen LogP contribution is 2.43. The Morgan fingerprint density at radius 2 is 1.79 bits per heavy atom. The molecular formula is C26H21Cl2N3OS. The van der Waals surface area contributed by atoms with Gasteiger partial charge >= 0.3 is 0 Å². The minimum absolute atomic E-state index is 0.173. The number of benzene rings is 2. The third kappa shape index (κ3) is 4.12. The van der Waals surface area contributed by atoms with E-state index in [1.807, 2.05) is 36.4 Å². The van der Waals surface area contributed by atoms with Crippen LogP contribution in [0.4, 0.5) is 5.69 Å². The average molecular weight is 494 g/mol. The number of aromatic nitrogens is 1. The number of rotatable bonds is 4. The van der Waals surface area contributed by atoms with Crippen molar-refractivity contribution in [3.63, 3.8) is 0 Å². The molecule has 0 unspecified atom stereocenters. The van der Waals surface area contributed by atoms with Crippen LogP contribution in [-0.4, -0.2) is 10.1 Å². The topological polar surface area (TPSA) is 41.3 Å². The van der Waals surface area contributed by atoms with Crippen LogP contribution >= 0.6 is 35.4 Å². The number of aryl methyl sites for hydroxylation is 2. The number of hydrogen-bond acceptors (Lipinski definition) is 3. The fourth-order valence-corrected chi connectivity index (χ4v) is 4.76. The van der Waals surface area contributed by atoms with Gasteiger partial charge in [-0.3, -0.25) is 4.98 Å². The summed E-state index contributed by atoms with van der Waals surface area (Å²) in [5, 5.41) is 5.09. The third-order valence-corrected chi connectivity index (χ3v) is 7.04. The molecule has 2 aromatic carbocycles. The van der Waals surface area contributed by atoms with Crippen LogP contribution in [0.2, 0.25) is 10.0 Å². The van der Waals surface area contributed by atoms with Crippen LogP contribution in [0.15, 0.2) is 77.3 Å². The first-order valence-electron chi connectivity index (χ1n) is 10.6. The van der Waals surface area contributed by atoms with Gasteiger partial charge in [0, 0.05) is 17.4 Å². The number of thiocarbonyl (C=S) groups is 1. The monoisotopic (exact) mass is 493 g/mol. The molecule has 4 aromatic rings. The molecule has 0 radical (unpaired) electrons. The number of nitrogens with zero attached hydrogens (tertiary/aromatic N) is 2. The van der Waals surface area contributed by atoms with E-state index in [-0.39, 0.29) is 12.1 Å². The molecule has 1 saturated heterocycles. The van der Waals surface area contributed by atoms with Crippen LogP contribution in [0.1, 0.15) is 34.7 Å². The maximum atomic E-state index is 6.38. The summed E-state index contributed by atoms with van der Waals surface area (Å²) in [6.07, 6.45) is 1.79. The smallest absolute Gasteiger partial charge is 0.174 e. The first-order chi connectivity index (χ1) is 15.9. The van der Waals surface area contributed by atoms with Gasteiger partial charge < -0.3 is 14.6 Å². The molecule has 0 aliphatic carbocycles. The zero-order chi connectivity index (χ0) is 23.1. The minimum atomic E-state index is -0.217. The number of hydrogen-bond donors (Lipinski definition) is 1. The fourth-order valence-electron chi connectivity index (χ4n) is 4.11. The molecule has 3 heterocycles. The van der Waals surface area contributed by atoms with Crippen molar-refractivity contribution in [3.8, 4) is 11.3 Å². The molecule has 0 saturated carbocycles. The third-order valence-electron chi connectivity index (χ3n) is 5.99. The molecule has 7 heteroatoms. The molecule has 0 amide bonds. The first kappa shape index (κ1) is 22.0. The Morgan fingerprint density at radius 1 is 0.939 bits per heavy atom. The van der Waals surface area contributed by atoms with E-state index in [4.69, 9.17) is 39.8 Å². The standard InChI is InChI=1S/C26H21Cl2N3OS/c1-15-6-8-18(13-16(15)2)31-25(24(30-26(31)33)21-5-3-4-12-29-21)23-11-10-22(32-23)17-7-9-19(27)20(28)14-17/h3-14,24-25H,1-2H3,(H,30,33)/t24-,25+/m1/s1. The van der Waals surface area contributed by atoms with Gasteiger partial charge in [0.05, 0.1) is 21.8 Å². The Balaban J connectivity index is 1.61. The predicted octanol–water partition coefficient (Wildman–Crippen LogP) is 7.44. The summed E-state index contributed by atoms with van der Waals surface area (Å²) in [4.78, 5) is 6.70. The molecule has 166 valence electrons. The molecule has 1 aliphatic rings. The summed E-state index contributed by atoms with van der Waals surface area (Å²) in [5.41, 5.74) is 5.19. The second-order valence-corrected chi connectivity index (χ2v) is 9.30. The summed E-state index contributed by atoms with van der Waals surface area (Å²) >= 11 is 18.1. The largest absolute Gasteiger partial charge is 0.459 e. The lowest BCUT2D eigenvalue weighted by molar-refractivity contribution is 0.439. The van der Waals surface area contributed by atoms with Gasteiger partial charge in [0.25, 0.3) is 0 Å². The number of nitrogens with one attached hydrogen (secondary N) is 1. The van der Waals surface area contributed by atoms with Crippen LogP contribution < -0.4 is 10.2 Å². The van der Waals surface area contributed by atoms with E-state index in [0.717, 1.165) is 22.7 Å². The maximum absolute atomic E-state index is 6.38. The van der Waals surface area contributed by atoms with Gasteiger partial charge in [-0.15, -0.1) is 0 Å². The predicted molar refractivity (Wildman–Crippen MR) is 138 cm³/mol. The molecule has 1 aliphatic heterocycles. The van der Waals surface area contributed by atoms with Crippen LogP contribution in [-0.2, 0) is 0 Å². The SMILES string of the molecule is Cc1ccc(N2C(=S)N[C@H](c3ccccn3)[C@@H]2c2ccc(-c3ccc(Cl)c(Cl)c3)o2)cc1C. The quantitative estimate of drug-likeness (QED) is 0.299. The van der Waals surface area contributed by atoms with Crippen molar-refractivity contribution in [1.82, 2.24) is 10.3 Å². The van der Waals surface area contributed by atoms with Gasteiger partial charge in [-0.2, -0.15) is 0 Å². The highest BCUT2D eigenvalue weighted by atomic mass is 35.5. The summed E-state index contributed by atoms with van der Waals surface area (Å²) in [7, 11) is 0. The zero-order valence-corrected chi connectivity index (χ0v) is 20.4. The van der Waals surface area contributed by atoms with E-state index < -0.39 is 0 Å².